The quantitative estimate of drug-likeness (QED) is 0.195. The van der Waals surface area contributed by atoms with Crippen molar-refractivity contribution in [1.29, 1.82) is 0 Å². The summed E-state index contributed by atoms with van der Waals surface area (Å²) < 4.78 is 19.1. The van der Waals surface area contributed by atoms with Crippen molar-refractivity contribution in [3.8, 4) is 33.9 Å². The zero-order valence-corrected chi connectivity index (χ0v) is 26.0. The molecule has 11 rings (SSSR count). The molecule has 4 heterocycles. The number of furan rings is 3. The Bertz CT molecular complexity index is 3130. The highest BCUT2D eigenvalue weighted by Crippen LogP contribution is 2.42. The van der Waals surface area contributed by atoms with E-state index in [4.69, 9.17) is 23.2 Å². The van der Waals surface area contributed by atoms with E-state index in [-0.39, 0.29) is 0 Å². The normalized spacial score (nSPS) is 12.1. The Balaban J connectivity index is 1.21. The second-order valence-corrected chi connectivity index (χ2v) is 12.5. The molecule has 5 nitrogen and oxygen atoms in total. The number of fused-ring (bicyclic) bond motifs is 11. The van der Waals surface area contributed by atoms with E-state index in [0.29, 0.717) is 5.82 Å². The van der Waals surface area contributed by atoms with Crippen LogP contribution in [-0.2, 0) is 0 Å². The SMILES string of the molecule is c1ccc2c(c1)ccc1c2oc2cccc(-c3cc(-c4ccc5c(c4)oc4ccccc45)nc(-c4cccc5oc6ccccc6c45)n3)c21. The van der Waals surface area contributed by atoms with Crippen LogP contribution >= 0.6 is 0 Å². The molecule has 0 saturated heterocycles. The van der Waals surface area contributed by atoms with Gasteiger partial charge in [-0.3, -0.25) is 0 Å². The minimum absolute atomic E-state index is 0.615. The zero-order chi connectivity index (χ0) is 32.1. The van der Waals surface area contributed by atoms with Crippen LogP contribution in [0.4, 0.5) is 0 Å². The van der Waals surface area contributed by atoms with Crippen LogP contribution in [0.1, 0.15) is 0 Å². The van der Waals surface area contributed by atoms with Crippen LogP contribution in [0, 0.1) is 0 Å². The van der Waals surface area contributed by atoms with Gasteiger partial charge in [0.15, 0.2) is 5.82 Å². The number of aromatic nitrogens is 2. The van der Waals surface area contributed by atoms with E-state index in [1.807, 2.05) is 60.7 Å². The summed E-state index contributed by atoms with van der Waals surface area (Å²) >= 11 is 0. The molecule has 0 aliphatic carbocycles. The van der Waals surface area contributed by atoms with E-state index in [2.05, 4.69) is 84.9 Å². The van der Waals surface area contributed by atoms with Crippen molar-refractivity contribution in [3.63, 3.8) is 0 Å². The second kappa shape index (κ2) is 9.89. The van der Waals surface area contributed by atoms with Gasteiger partial charge in [-0.2, -0.15) is 0 Å². The van der Waals surface area contributed by atoms with Gasteiger partial charge in [0, 0.05) is 54.4 Å². The van der Waals surface area contributed by atoms with Gasteiger partial charge in [-0.1, -0.05) is 97.1 Å². The Hall–Kier alpha value is -6.72. The predicted molar refractivity (Wildman–Crippen MR) is 198 cm³/mol. The molecule has 0 N–H and O–H groups in total. The summed E-state index contributed by atoms with van der Waals surface area (Å²) in [4.78, 5) is 10.6. The van der Waals surface area contributed by atoms with Crippen LogP contribution in [0.15, 0.2) is 159 Å². The number of benzene rings is 7. The number of hydrogen-bond donors (Lipinski definition) is 0. The van der Waals surface area contributed by atoms with Gasteiger partial charge < -0.3 is 13.3 Å². The Morgan fingerprint density at radius 1 is 0.367 bits per heavy atom. The van der Waals surface area contributed by atoms with Gasteiger partial charge in [0.25, 0.3) is 0 Å². The summed E-state index contributed by atoms with van der Waals surface area (Å²) in [6.45, 7) is 0. The minimum Gasteiger partial charge on any atom is -0.456 e. The molecule has 0 radical (unpaired) electrons. The monoisotopic (exact) mass is 628 g/mol. The maximum Gasteiger partial charge on any atom is 0.161 e. The van der Waals surface area contributed by atoms with Crippen molar-refractivity contribution < 1.29 is 13.3 Å². The topological polar surface area (TPSA) is 65.2 Å². The van der Waals surface area contributed by atoms with Crippen LogP contribution in [0.3, 0.4) is 0 Å². The fraction of sp³-hybridized carbons (Fsp3) is 0. The summed E-state index contributed by atoms with van der Waals surface area (Å²) in [6.07, 6.45) is 0. The van der Waals surface area contributed by atoms with Crippen molar-refractivity contribution >= 4 is 76.6 Å². The molecule has 0 aliphatic heterocycles. The van der Waals surface area contributed by atoms with Gasteiger partial charge in [0.05, 0.1) is 11.4 Å². The smallest absolute Gasteiger partial charge is 0.161 e. The molecule has 49 heavy (non-hydrogen) atoms. The van der Waals surface area contributed by atoms with Gasteiger partial charge in [0.2, 0.25) is 0 Å². The molecule has 0 aliphatic rings. The maximum atomic E-state index is 6.56. The summed E-state index contributed by atoms with van der Waals surface area (Å²) in [7, 11) is 0. The summed E-state index contributed by atoms with van der Waals surface area (Å²) in [5.41, 5.74) is 9.43. The predicted octanol–water partition coefficient (Wildman–Crippen LogP) is 12.3. The van der Waals surface area contributed by atoms with Gasteiger partial charge in [-0.05, 0) is 53.9 Å². The van der Waals surface area contributed by atoms with E-state index >= 15 is 0 Å². The van der Waals surface area contributed by atoms with Crippen molar-refractivity contribution in [2.45, 2.75) is 0 Å². The van der Waals surface area contributed by atoms with Crippen molar-refractivity contribution in [2.75, 3.05) is 0 Å². The average Bonchev–Trinajstić information content (AvgIpc) is 3.85. The van der Waals surface area contributed by atoms with E-state index in [0.717, 1.165) is 105 Å². The minimum atomic E-state index is 0.615. The lowest BCUT2D eigenvalue weighted by atomic mass is 9.99. The molecule has 0 amide bonds. The molecule has 0 unspecified atom stereocenters. The lowest BCUT2D eigenvalue weighted by Gasteiger charge is -2.11. The first kappa shape index (κ1) is 26.4. The summed E-state index contributed by atoms with van der Waals surface area (Å²) in [6, 6.07) is 49.6. The standard InChI is InChI=1S/C44H24N2O3/c1-2-10-27-25(9-1)19-22-32-41-30(13-7-18-39(41)49-43(27)32)35-24-34(26-20-21-29-28-11-3-5-15-36(28)48-40(29)23-26)45-44(46-35)33-14-8-17-38-42(33)31-12-4-6-16-37(31)47-38/h1-24H. The maximum absolute atomic E-state index is 6.56. The highest BCUT2D eigenvalue weighted by molar-refractivity contribution is 6.19. The van der Waals surface area contributed by atoms with Gasteiger partial charge >= 0.3 is 0 Å². The molecule has 7 aromatic carbocycles. The van der Waals surface area contributed by atoms with Crippen LogP contribution in [0.5, 0.6) is 0 Å². The second-order valence-electron chi connectivity index (χ2n) is 12.5. The van der Waals surface area contributed by atoms with E-state index in [1.165, 1.54) is 0 Å². The molecule has 228 valence electrons. The Labute approximate surface area is 278 Å². The van der Waals surface area contributed by atoms with Gasteiger partial charge in [-0.25, -0.2) is 9.97 Å². The molecule has 0 atom stereocenters. The first-order valence-corrected chi connectivity index (χ1v) is 16.3. The number of para-hydroxylation sites is 2. The van der Waals surface area contributed by atoms with Crippen molar-refractivity contribution in [1.82, 2.24) is 9.97 Å². The van der Waals surface area contributed by atoms with Crippen molar-refractivity contribution in [2.24, 2.45) is 0 Å². The molecule has 11 aromatic rings. The molecular weight excluding hydrogens is 604 g/mol. The van der Waals surface area contributed by atoms with E-state index in [9.17, 15) is 0 Å². The molecule has 0 bridgehead atoms. The van der Waals surface area contributed by atoms with Crippen LogP contribution < -0.4 is 0 Å². The lowest BCUT2D eigenvalue weighted by molar-refractivity contribution is 0.668. The third-order valence-electron chi connectivity index (χ3n) is 9.71. The molecule has 5 heteroatoms. The molecular formula is C44H24N2O3. The fourth-order valence-corrected chi connectivity index (χ4v) is 7.47. The van der Waals surface area contributed by atoms with Gasteiger partial charge in [0.1, 0.15) is 33.5 Å². The Kier molecular flexibility index (Phi) is 5.32. The van der Waals surface area contributed by atoms with Gasteiger partial charge in [-0.15, -0.1) is 0 Å². The van der Waals surface area contributed by atoms with Crippen LogP contribution in [0.2, 0.25) is 0 Å². The molecule has 0 saturated carbocycles. The fourth-order valence-electron chi connectivity index (χ4n) is 7.47. The van der Waals surface area contributed by atoms with E-state index in [1.54, 1.807) is 0 Å². The highest BCUT2D eigenvalue weighted by Gasteiger charge is 2.20. The number of hydrogen-bond acceptors (Lipinski definition) is 5. The lowest BCUT2D eigenvalue weighted by Crippen LogP contribution is -1.96. The Morgan fingerprint density at radius 2 is 0.980 bits per heavy atom. The third-order valence-corrected chi connectivity index (χ3v) is 9.71. The van der Waals surface area contributed by atoms with Crippen LogP contribution in [0.25, 0.3) is 110 Å². The molecule has 0 fully saturated rings. The average molecular weight is 629 g/mol. The largest absolute Gasteiger partial charge is 0.456 e. The van der Waals surface area contributed by atoms with E-state index < -0.39 is 0 Å². The zero-order valence-electron chi connectivity index (χ0n) is 26.0. The molecule has 0 spiro atoms. The number of rotatable bonds is 3. The molecule has 4 aromatic heterocycles. The Morgan fingerprint density at radius 3 is 1.86 bits per heavy atom. The summed E-state index contributed by atoms with van der Waals surface area (Å²) in [5, 5.41) is 8.50. The van der Waals surface area contributed by atoms with Crippen LogP contribution in [-0.4, -0.2) is 9.97 Å². The number of nitrogens with zero attached hydrogens (tertiary/aromatic N) is 2. The highest BCUT2D eigenvalue weighted by atomic mass is 16.3. The first-order valence-electron chi connectivity index (χ1n) is 16.3. The summed E-state index contributed by atoms with van der Waals surface area (Å²) in [5.74, 6) is 0.615. The third kappa shape index (κ3) is 3.87. The van der Waals surface area contributed by atoms with Crippen molar-refractivity contribution in [3.05, 3.63) is 146 Å². The first-order chi connectivity index (χ1) is 24.3.